The summed E-state index contributed by atoms with van der Waals surface area (Å²) in [6.07, 6.45) is 1.11. The zero-order valence-corrected chi connectivity index (χ0v) is 9.19. The molecule has 1 aliphatic heterocycles. The molecule has 2 amide bonds. The van der Waals surface area contributed by atoms with Gasteiger partial charge in [0.15, 0.2) is 0 Å². The first-order valence-electron chi connectivity index (χ1n) is 5.29. The van der Waals surface area contributed by atoms with Gasteiger partial charge in [-0.3, -0.25) is 14.5 Å². The number of nitrogens with zero attached hydrogens (tertiary/aromatic N) is 1. The molecule has 0 fully saturated rings. The first-order valence-corrected chi connectivity index (χ1v) is 5.29. The highest BCUT2D eigenvalue weighted by Gasteiger charge is 2.30. The van der Waals surface area contributed by atoms with Crippen LogP contribution in [0.25, 0.3) is 0 Å². The lowest BCUT2D eigenvalue weighted by molar-refractivity contribution is -0.124. The van der Waals surface area contributed by atoms with Crippen LogP contribution in [0.3, 0.4) is 0 Å². The fourth-order valence-corrected chi connectivity index (χ4v) is 2.04. The Morgan fingerprint density at radius 3 is 2.88 bits per heavy atom. The molecule has 16 heavy (non-hydrogen) atoms. The number of fused-ring (bicyclic) bond motifs is 1. The second-order valence-corrected chi connectivity index (χ2v) is 3.93. The van der Waals surface area contributed by atoms with Crippen LogP contribution in [0, 0.1) is 0 Å². The predicted molar refractivity (Wildman–Crippen MR) is 61.1 cm³/mol. The lowest BCUT2D eigenvalue weighted by Gasteiger charge is -2.12. The third-order valence-corrected chi connectivity index (χ3v) is 2.72. The van der Waals surface area contributed by atoms with Gasteiger partial charge in [0.1, 0.15) is 0 Å². The SMILES string of the molecule is CC(=O)N1C(=O)Cc2cc(CCN)ccc21. The van der Waals surface area contributed by atoms with E-state index in [9.17, 15) is 9.59 Å². The lowest BCUT2D eigenvalue weighted by Crippen LogP contribution is -2.31. The molecule has 0 radical (unpaired) electrons. The number of rotatable bonds is 2. The molecule has 4 heteroatoms. The van der Waals surface area contributed by atoms with Crippen LogP contribution >= 0.6 is 0 Å². The molecular weight excluding hydrogens is 204 g/mol. The van der Waals surface area contributed by atoms with Gasteiger partial charge in [0, 0.05) is 6.92 Å². The van der Waals surface area contributed by atoms with Crippen molar-refractivity contribution in [1.29, 1.82) is 0 Å². The molecular formula is C12H14N2O2. The Morgan fingerprint density at radius 2 is 2.25 bits per heavy atom. The van der Waals surface area contributed by atoms with E-state index >= 15 is 0 Å². The van der Waals surface area contributed by atoms with Crippen molar-refractivity contribution in [1.82, 2.24) is 0 Å². The van der Waals surface area contributed by atoms with Crippen LogP contribution in [0.2, 0.25) is 0 Å². The Balaban J connectivity index is 2.38. The van der Waals surface area contributed by atoms with Crippen LogP contribution in [0.5, 0.6) is 0 Å². The summed E-state index contributed by atoms with van der Waals surface area (Å²) in [4.78, 5) is 24.2. The average Bonchev–Trinajstić information content (AvgIpc) is 2.53. The van der Waals surface area contributed by atoms with E-state index in [0.29, 0.717) is 13.0 Å². The van der Waals surface area contributed by atoms with Crippen LogP contribution in [-0.2, 0) is 22.4 Å². The number of imide groups is 1. The molecule has 0 saturated heterocycles. The predicted octanol–water partition coefficient (Wildman–Crippen LogP) is 0.623. The zero-order valence-electron chi connectivity index (χ0n) is 9.19. The van der Waals surface area contributed by atoms with Crippen LogP contribution < -0.4 is 10.6 Å². The summed E-state index contributed by atoms with van der Waals surface area (Å²) in [6.45, 7) is 1.99. The Kier molecular flexibility index (Phi) is 2.75. The minimum atomic E-state index is -0.227. The van der Waals surface area contributed by atoms with Crippen molar-refractivity contribution in [3.05, 3.63) is 29.3 Å². The van der Waals surface area contributed by atoms with E-state index in [-0.39, 0.29) is 11.8 Å². The van der Waals surface area contributed by atoms with E-state index in [4.69, 9.17) is 5.73 Å². The largest absolute Gasteiger partial charge is 0.330 e. The molecule has 1 heterocycles. The van der Waals surface area contributed by atoms with Gasteiger partial charge in [0.25, 0.3) is 0 Å². The minimum Gasteiger partial charge on any atom is -0.330 e. The van der Waals surface area contributed by atoms with Crippen LogP contribution in [-0.4, -0.2) is 18.4 Å². The molecule has 2 rings (SSSR count). The smallest absolute Gasteiger partial charge is 0.238 e. The number of anilines is 1. The number of hydrogen-bond donors (Lipinski definition) is 1. The molecule has 0 aromatic heterocycles. The summed E-state index contributed by atoms with van der Waals surface area (Å²) in [5.74, 6) is -0.372. The second-order valence-electron chi connectivity index (χ2n) is 3.93. The molecule has 0 aliphatic carbocycles. The van der Waals surface area contributed by atoms with Gasteiger partial charge >= 0.3 is 0 Å². The molecule has 0 unspecified atom stereocenters. The maximum absolute atomic E-state index is 11.6. The molecule has 4 nitrogen and oxygen atoms in total. The standard InChI is InChI=1S/C12H14N2O2/c1-8(15)14-11-3-2-9(4-5-13)6-10(11)7-12(14)16/h2-3,6H,4-5,7,13H2,1H3. The van der Waals surface area contributed by atoms with Crippen LogP contribution in [0.4, 0.5) is 5.69 Å². The highest BCUT2D eigenvalue weighted by molar-refractivity contribution is 6.18. The molecule has 0 spiro atoms. The second kappa shape index (κ2) is 4.06. The van der Waals surface area contributed by atoms with Gasteiger partial charge in [-0.15, -0.1) is 0 Å². The average molecular weight is 218 g/mol. The topological polar surface area (TPSA) is 63.4 Å². The van der Waals surface area contributed by atoms with Crippen molar-refractivity contribution in [3.8, 4) is 0 Å². The van der Waals surface area contributed by atoms with Crippen molar-refractivity contribution in [2.24, 2.45) is 5.73 Å². The monoisotopic (exact) mass is 218 g/mol. The first-order chi connectivity index (χ1) is 7.63. The van der Waals surface area contributed by atoms with Gasteiger partial charge < -0.3 is 5.73 Å². The van der Waals surface area contributed by atoms with Crippen molar-refractivity contribution in [2.45, 2.75) is 19.8 Å². The van der Waals surface area contributed by atoms with Crippen LogP contribution in [0.15, 0.2) is 18.2 Å². The number of carbonyl (C=O) groups excluding carboxylic acids is 2. The van der Waals surface area contributed by atoms with E-state index in [1.807, 2.05) is 18.2 Å². The number of carbonyl (C=O) groups is 2. The summed E-state index contributed by atoms with van der Waals surface area (Å²) >= 11 is 0. The number of benzene rings is 1. The maximum atomic E-state index is 11.6. The molecule has 1 aromatic carbocycles. The van der Waals surface area contributed by atoms with E-state index in [1.165, 1.54) is 11.8 Å². The minimum absolute atomic E-state index is 0.146. The highest BCUT2D eigenvalue weighted by Crippen LogP contribution is 2.29. The summed E-state index contributed by atoms with van der Waals surface area (Å²) in [5, 5.41) is 0. The normalized spacial score (nSPS) is 14.1. The summed E-state index contributed by atoms with van der Waals surface area (Å²) < 4.78 is 0. The van der Waals surface area contributed by atoms with Gasteiger partial charge in [0.2, 0.25) is 11.8 Å². The van der Waals surface area contributed by atoms with Gasteiger partial charge in [0.05, 0.1) is 12.1 Å². The van der Waals surface area contributed by atoms with Gasteiger partial charge in [-0.1, -0.05) is 12.1 Å². The van der Waals surface area contributed by atoms with Crippen LogP contribution in [0.1, 0.15) is 18.1 Å². The summed E-state index contributed by atoms with van der Waals surface area (Å²) in [5.41, 5.74) is 8.23. The zero-order chi connectivity index (χ0) is 11.7. The van der Waals surface area contributed by atoms with E-state index in [1.54, 1.807) is 0 Å². The van der Waals surface area contributed by atoms with E-state index in [0.717, 1.165) is 23.2 Å². The van der Waals surface area contributed by atoms with Gasteiger partial charge in [-0.05, 0) is 30.2 Å². The van der Waals surface area contributed by atoms with Gasteiger partial charge in [-0.2, -0.15) is 0 Å². The number of hydrogen-bond acceptors (Lipinski definition) is 3. The van der Waals surface area contributed by atoms with Crippen molar-refractivity contribution >= 4 is 17.5 Å². The van der Waals surface area contributed by atoms with E-state index in [2.05, 4.69) is 0 Å². The number of amides is 2. The summed E-state index contributed by atoms with van der Waals surface area (Å²) in [6, 6.07) is 5.70. The molecule has 0 saturated carbocycles. The quantitative estimate of drug-likeness (QED) is 0.791. The van der Waals surface area contributed by atoms with Crippen molar-refractivity contribution < 1.29 is 9.59 Å². The first kappa shape index (κ1) is 10.8. The van der Waals surface area contributed by atoms with Gasteiger partial charge in [-0.25, -0.2) is 0 Å². The van der Waals surface area contributed by atoms with Crippen molar-refractivity contribution in [3.63, 3.8) is 0 Å². The number of nitrogens with two attached hydrogens (primary N) is 1. The lowest BCUT2D eigenvalue weighted by atomic mass is 10.1. The Labute approximate surface area is 94.0 Å². The Hall–Kier alpha value is -1.68. The highest BCUT2D eigenvalue weighted by atomic mass is 16.2. The fraction of sp³-hybridized carbons (Fsp3) is 0.333. The van der Waals surface area contributed by atoms with E-state index < -0.39 is 0 Å². The fourth-order valence-electron chi connectivity index (χ4n) is 2.04. The molecule has 0 atom stereocenters. The molecule has 2 N–H and O–H groups in total. The third-order valence-electron chi connectivity index (χ3n) is 2.72. The molecule has 1 aromatic rings. The van der Waals surface area contributed by atoms with Crippen molar-refractivity contribution in [2.75, 3.05) is 11.4 Å². The molecule has 0 bridgehead atoms. The maximum Gasteiger partial charge on any atom is 0.238 e. The summed E-state index contributed by atoms with van der Waals surface area (Å²) in [7, 11) is 0. The molecule has 1 aliphatic rings. The Bertz CT molecular complexity index is 454. The molecule has 84 valence electrons. The Morgan fingerprint density at radius 1 is 1.50 bits per heavy atom. The third kappa shape index (κ3) is 1.72.